The maximum Gasteiger partial charge on any atom is 0.230 e. The standard InChI is InChI=1S/C21H30N4O/c1-3-19(18-8-6-5-7-9-18)21(26)25-16-13-23(14-17-25)12-15-24-11-10-22-20(24)4-2/h5-11,19H,3-4,12-17H2,1-2H3. The summed E-state index contributed by atoms with van der Waals surface area (Å²) in [4.78, 5) is 21.8. The molecule has 0 saturated carbocycles. The number of carbonyl (C=O) groups excluding carboxylic acids is 1. The molecule has 140 valence electrons. The van der Waals surface area contributed by atoms with Crippen molar-refractivity contribution in [1.82, 2.24) is 19.4 Å². The second-order valence-electron chi connectivity index (χ2n) is 6.93. The molecule has 1 fully saturated rings. The second kappa shape index (κ2) is 8.99. The molecule has 1 aliphatic heterocycles. The van der Waals surface area contributed by atoms with Gasteiger partial charge in [-0.25, -0.2) is 4.98 Å². The van der Waals surface area contributed by atoms with E-state index in [0.717, 1.165) is 63.5 Å². The van der Waals surface area contributed by atoms with E-state index in [4.69, 9.17) is 0 Å². The summed E-state index contributed by atoms with van der Waals surface area (Å²) in [5.74, 6) is 1.41. The molecule has 0 aliphatic carbocycles. The van der Waals surface area contributed by atoms with Gasteiger partial charge in [0.15, 0.2) is 0 Å². The Kier molecular flexibility index (Phi) is 6.45. The van der Waals surface area contributed by atoms with Gasteiger partial charge < -0.3 is 9.47 Å². The average molecular weight is 354 g/mol. The van der Waals surface area contributed by atoms with Gasteiger partial charge in [0, 0.05) is 58.1 Å². The van der Waals surface area contributed by atoms with Gasteiger partial charge in [-0.2, -0.15) is 0 Å². The average Bonchev–Trinajstić information content (AvgIpc) is 3.16. The van der Waals surface area contributed by atoms with Crippen LogP contribution < -0.4 is 0 Å². The lowest BCUT2D eigenvalue weighted by molar-refractivity contribution is -0.134. The quantitative estimate of drug-likeness (QED) is 0.768. The zero-order valence-electron chi connectivity index (χ0n) is 16.0. The molecule has 26 heavy (non-hydrogen) atoms. The van der Waals surface area contributed by atoms with E-state index in [-0.39, 0.29) is 11.8 Å². The minimum Gasteiger partial charge on any atom is -0.340 e. The van der Waals surface area contributed by atoms with Crippen molar-refractivity contribution in [3.05, 3.63) is 54.1 Å². The molecule has 1 saturated heterocycles. The third kappa shape index (κ3) is 4.33. The molecule has 2 aromatic rings. The van der Waals surface area contributed by atoms with Crippen LogP contribution in [-0.4, -0.2) is 58.0 Å². The number of rotatable bonds is 7. The van der Waals surface area contributed by atoms with E-state index in [1.54, 1.807) is 0 Å². The summed E-state index contributed by atoms with van der Waals surface area (Å²) in [5.41, 5.74) is 1.13. The van der Waals surface area contributed by atoms with Crippen molar-refractivity contribution in [2.45, 2.75) is 39.2 Å². The van der Waals surface area contributed by atoms with E-state index in [1.807, 2.05) is 29.3 Å². The summed E-state index contributed by atoms with van der Waals surface area (Å²) in [7, 11) is 0. The van der Waals surface area contributed by atoms with Gasteiger partial charge in [0.2, 0.25) is 5.91 Å². The zero-order valence-corrected chi connectivity index (χ0v) is 16.0. The molecule has 0 radical (unpaired) electrons. The van der Waals surface area contributed by atoms with Crippen LogP contribution >= 0.6 is 0 Å². The summed E-state index contributed by atoms with van der Waals surface area (Å²) in [6.45, 7) is 9.78. The molecule has 2 heterocycles. The second-order valence-corrected chi connectivity index (χ2v) is 6.93. The Labute approximate surface area is 156 Å². The van der Waals surface area contributed by atoms with Crippen LogP contribution in [-0.2, 0) is 17.8 Å². The Bertz CT molecular complexity index is 689. The highest BCUT2D eigenvalue weighted by Crippen LogP contribution is 2.22. The van der Waals surface area contributed by atoms with Crippen LogP contribution in [0.25, 0.3) is 0 Å². The van der Waals surface area contributed by atoms with Crippen LogP contribution in [0.2, 0.25) is 0 Å². The van der Waals surface area contributed by atoms with Gasteiger partial charge in [0.1, 0.15) is 5.82 Å². The molecule has 1 aliphatic rings. The van der Waals surface area contributed by atoms with Crippen LogP contribution in [0.4, 0.5) is 0 Å². The highest BCUT2D eigenvalue weighted by Gasteiger charge is 2.27. The van der Waals surface area contributed by atoms with Gasteiger partial charge in [0.05, 0.1) is 5.92 Å². The molecule has 5 heteroatoms. The van der Waals surface area contributed by atoms with Crippen LogP contribution in [0.5, 0.6) is 0 Å². The van der Waals surface area contributed by atoms with Crippen molar-refractivity contribution in [3.8, 4) is 0 Å². The van der Waals surface area contributed by atoms with Crippen LogP contribution in [0.1, 0.15) is 37.6 Å². The van der Waals surface area contributed by atoms with E-state index < -0.39 is 0 Å². The van der Waals surface area contributed by atoms with Crippen molar-refractivity contribution in [3.63, 3.8) is 0 Å². The smallest absolute Gasteiger partial charge is 0.230 e. The highest BCUT2D eigenvalue weighted by molar-refractivity contribution is 5.83. The molecule has 3 rings (SSSR count). The Balaban J connectivity index is 1.50. The van der Waals surface area contributed by atoms with E-state index in [1.165, 1.54) is 0 Å². The fraction of sp³-hybridized carbons (Fsp3) is 0.524. The fourth-order valence-electron chi connectivity index (χ4n) is 3.76. The molecular formula is C21H30N4O. The Morgan fingerprint density at radius 1 is 1.08 bits per heavy atom. The molecular weight excluding hydrogens is 324 g/mol. The summed E-state index contributed by atoms with van der Waals surface area (Å²) in [5, 5.41) is 0. The number of hydrogen-bond acceptors (Lipinski definition) is 3. The van der Waals surface area contributed by atoms with Crippen LogP contribution in [0.3, 0.4) is 0 Å². The van der Waals surface area contributed by atoms with Crippen molar-refractivity contribution in [2.75, 3.05) is 32.7 Å². The van der Waals surface area contributed by atoms with Gasteiger partial charge in [-0.05, 0) is 12.0 Å². The molecule has 1 aromatic carbocycles. The maximum atomic E-state index is 13.0. The largest absolute Gasteiger partial charge is 0.340 e. The van der Waals surface area contributed by atoms with Crippen molar-refractivity contribution < 1.29 is 4.79 Å². The molecule has 1 atom stereocenters. The first-order chi connectivity index (χ1) is 12.7. The third-order valence-corrected chi connectivity index (χ3v) is 5.37. The minimum atomic E-state index is -0.0131. The van der Waals surface area contributed by atoms with Crippen LogP contribution in [0, 0.1) is 0 Å². The molecule has 5 nitrogen and oxygen atoms in total. The SMILES string of the molecule is CCc1nccn1CCN1CCN(C(=O)C(CC)c2ccccc2)CC1. The molecule has 0 bridgehead atoms. The number of amides is 1. The number of aromatic nitrogens is 2. The number of hydrogen-bond donors (Lipinski definition) is 0. The molecule has 0 spiro atoms. The topological polar surface area (TPSA) is 41.4 Å². The first-order valence-corrected chi connectivity index (χ1v) is 9.79. The number of imidazole rings is 1. The lowest BCUT2D eigenvalue weighted by atomic mass is 9.95. The maximum absolute atomic E-state index is 13.0. The molecule has 1 amide bonds. The summed E-state index contributed by atoms with van der Waals surface area (Å²) in [6.07, 6.45) is 5.75. The van der Waals surface area contributed by atoms with E-state index in [0.29, 0.717) is 0 Å². The number of piperazine rings is 1. The van der Waals surface area contributed by atoms with Gasteiger partial charge in [-0.3, -0.25) is 9.69 Å². The monoisotopic (exact) mass is 354 g/mol. The van der Waals surface area contributed by atoms with E-state index >= 15 is 0 Å². The number of carbonyl (C=O) groups is 1. The van der Waals surface area contributed by atoms with Gasteiger partial charge >= 0.3 is 0 Å². The summed E-state index contributed by atoms with van der Waals surface area (Å²) < 4.78 is 2.24. The lowest BCUT2D eigenvalue weighted by Crippen LogP contribution is -2.50. The van der Waals surface area contributed by atoms with Crippen molar-refractivity contribution >= 4 is 5.91 Å². The highest BCUT2D eigenvalue weighted by atomic mass is 16.2. The first kappa shape index (κ1) is 18.6. The summed E-state index contributed by atoms with van der Waals surface area (Å²) in [6, 6.07) is 10.2. The Morgan fingerprint density at radius 3 is 2.46 bits per heavy atom. The van der Waals surface area contributed by atoms with Gasteiger partial charge in [0.25, 0.3) is 0 Å². The Hall–Kier alpha value is -2.14. The number of benzene rings is 1. The van der Waals surface area contributed by atoms with Gasteiger partial charge in [-0.1, -0.05) is 44.2 Å². The lowest BCUT2D eigenvalue weighted by Gasteiger charge is -2.36. The van der Waals surface area contributed by atoms with E-state index in [9.17, 15) is 4.79 Å². The summed E-state index contributed by atoms with van der Waals surface area (Å²) >= 11 is 0. The number of aryl methyl sites for hydroxylation is 1. The minimum absolute atomic E-state index is 0.0131. The fourth-order valence-corrected chi connectivity index (χ4v) is 3.76. The predicted octanol–water partition coefficient (Wildman–Crippen LogP) is 2.78. The normalized spacial score (nSPS) is 16.6. The van der Waals surface area contributed by atoms with Crippen molar-refractivity contribution in [1.29, 1.82) is 0 Å². The third-order valence-electron chi connectivity index (χ3n) is 5.37. The Morgan fingerprint density at radius 2 is 1.81 bits per heavy atom. The van der Waals surface area contributed by atoms with Crippen LogP contribution in [0.15, 0.2) is 42.7 Å². The first-order valence-electron chi connectivity index (χ1n) is 9.79. The molecule has 1 aromatic heterocycles. The molecule has 0 N–H and O–H groups in total. The van der Waals surface area contributed by atoms with Crippen molar-refractivity contribution in [2.24, 2.45) is 0 Å². The van der Waals surface area contributed by atoms with Gasteiger partial charge in [-0.15, -0.1) is 0 Å². The predicted molar refractivity (Wildman–Crippen MR) is 104 cm³/mol. The molecule has 1 unspecified atom stereocenters. The number of nitrogens with zero attached hydrogens (tertiary/aromatic N) is 4. The van der Waals surface area contributed by atoms with E-state index in [2.05, 4.69) is 46.6 Å². The zero-order chi connectivity index (χ0) is 18.4.